The smallest absolute Gasteiger partial charge is 0.338 e. The summed E-state index contributed by atoms with van der Waals surface area (Å²) in [5.74, 6) is -0.811. The van der Waals surface area contributed by atoms with Crippen LogP contribution < -0.4 is 15.8 Å². The largest absolute Gasteiger partial charge is 0.487 e. The molecule has 0 saturated heterocycles. The molecule has 156 valence electrons. The van der Waals surface area contributed by atoms with E-state index in [9.17, 15) is 14.7 Å². The van der Waals surface area contributed by atoms with Crippen LogP contribution in [0.15, 0.2) is 54.3 Å². The van der Waals surface area contributed by atoms with Crippen molar-refractivity contribution in [2.45, 2.75) is 6.61 Å². The van der Waals surface area contributed by atoms with Gasteiger partial charge in [0.25, 0.3) is 5.91 Å². The molecule has 3 heterocycles. The second kappa shape index (κ2) is 8.58. The standard InChI is InChI=1S/C21H15ClN4O4S/c22-13-1-3-14(4-2-13)26-20(27)11-5-15(7-24-6-11)30-9-12-10-31-18-16(21(28)29)8-25-19(23)17(12)18/h1-8,10H,9H2,(H2,23,25)(H,26,27)(H,28,29). The van der Waals surface area contributed by atoms with Crippen LogP contribution in [0.5, 0.6) is 5.75 Å². The van der Waals surface area contributed by atoms with Crippen molar-refractivity contribution >= 4 is 56.4 Å². The Hall–Kier alpha value is -3.69. The number of halogens is 1. The Morgan fingerprint density at radius 2 is 1.97 bits per heavy atom. The predicted molar refractivity (Wildman–Crippen MR) is 119 cm³/mol. The summed E-state index contributed by atoms with van der Waals surface area (Å²) in [6, 6.07) is 8.31. The van der Waals surface area contributed by atoms with Gasteiger partial charge in [-0.25, -0.2) is 9.78 Å². The zero-order valence-electron chi connectivity index (χ0n) is 15.8. The highest BCUT2D eigenvalue weighted by Gasteiger charge is 2.17. The van der Waals surface area contributed by atoms with Crippen LogP contribution in [0.1, 0.15) is 26.3 Å². The van der Waals surface area contributed by atoms with Crippen LogP contribution in [0.25, 0.3) is 10.1 Å². The quantitative estimate of drug-likeness (QED) is 0.392. The number of aromatic carboxylic acids is 1. The van der Waals surface area contributed by atoms with Gasteiger partial charge in [-0.1, -0.05) is 11.6 Å². The van der Waals surface area contributed by atoms with E-state index < -0.39 is 5.97 Å². The molecule has 0 atom stereocenters. The molecule has 3 aromatic heterocycles. The number of pyridine rings is 2. The number of carboxylic acid groups (broad SMARTS) is 1. The Morgan fingerprint density at radius 1 is 1.19 bits per heavy atom. The number of nitrogens with two attached hydrogens (primary N) is 1. The summed E-state index contributed by atoms with van der Waals surface area (Å²) in [5.41, 5.74) is 7.66. The van der Waals surface area contributed by atoms with Crippen molar-refractivity contribution < 1.29 is 19.4 Å². The maximum atomic E-state index is 12.5. The molecule has 4 N–H and O–H groups in total. The van der Waals surface area contributed by atoms with Gasteiger partial charge in [-0.05, 0) is 35.7 Å². The first kappa shape index (κ1) is 20.6. The van der Waals surface area contributed by atoms with E-state index in [2.05, 4.69) is 15.3 Å². The fourth-order valence-corrected chi connectivity index (χ4v) is 4.10. The average Bonchev–Trinajstić information content (AvgIpc) is 3.19. The van der Waals surface area contributed by atoms with Gasteiger partial charge < -0.3 is 20.9 Å². The molecule has 10 heteroatoms. The number of rotatable bonds is 6. The van der Waals surface area contributed by atoms with Crippen LogP contribution in [0.2, 0.25) is 5.02 Å². The third-order valence-corrected chi connectivity index (χ3v) is 5.72. The lowest BCUT2D eigenvalue weighted by Crippen LogP contribution is -2.12. The summed E-state index contributed by atoms with van der Waals surface area (Å²) < 4.78 is 6.32. The van der Waals surface area contributed by atoms with Gasteiger partial charge in [0.2, 0.25) is 0 Å². The molecule has 0 spiro atoms. The molecule has 1 aromatic carbocycles. The number of amides is 1. The molecule has 0 radical (unpaired) electrons. The number of nitrogens with one attached hydrogen (secondary N) is 1. The summed E-state index contributed by atoms with van der Waals surface area (Å²) in [4.78, 5) is 31.9. The number of nitrogen functional groups attached to an aromatic ring is 1. The molecule has 31 heavy (non-hydrogen) atoms. The van der Waals surface area contributed by atoms with Gasteiger partial charge in [-0.15, -0.1) is 11.3 Å². The molecule has 0 aliphatic carbocycles. The highest BCUT2D eigenvalue weighted by molar-refractivity contribution is 7.17. The lowest BCUT2D eigenvalue weighted by Gasteiger charge is -2.09. The molecular weight excluding hydrogens is 440 g/mol. The van der Waals surface area contributed by atoms with E-state index in [-0.39, 0.29) is 23.9 Å². The fraction of sp³-hybridized carbons (Fsp3) is 0.0476. The summed E-state index contributed by atoms with van der Waals surface area (Å²) in [6.45, 7) is 0.110. The van der Waals surface area contributed by atoms with E-state index >= 15 is 0 Å². The number of benzene rings is 1. The minimum Gasteiger partial charge on any atom is -0.487 e. The Labute approximate surface area is 185 Å². The minimum atomic E-state index is -1.07. The summed E-state index contributed by atoms with van der Waals surface area (Å²) in [7, 11) is 0. The van der Waals surface area contributed by atoms with Gasteiger partial charge in [0, 0.05) is 34.1 Å². The van der Waals surface area contributed by atoms with Crippen LogP contribution in [0.4, 0.5) is 11.5 Å². The summed E-state index contributed by atoms with van der Waals surface area (Å²) >= 11 is 7.11. The molecule has 0 bridgehead atoms. The zero-order chi connectivity index (χ0) is 22.0. The van der Waals surface area contributed by atoms with E-state index in [0.717, 1.165) is 0 Å². The Kier molecular flexibility index (Phi) is 5.70. The number of anilines is 2. The Bertz CT molecular complexity index is 1290. The number of carboxylic acids is 1. The Morgan fingerprint density at radius 3 is 2.71 bits per heavy atom. The number of nitrogens with zero attached hydrogens (tertiary/aromatic N) is 2. The second-order valence-electron chi connectivity index (χ2n) is 6.49. The second-order valence-corrected chi connectivity index (χ2v) is 7.80. The number of carbonyl (C=O) groups excluding carboxylic acids is 1. The highest BCUT2D eigenvalue weighted by Crippen LogP contribution is 2.33. The van der Waals surface area contributed by atoms with Crippen molar-refractivity contribution in [3.63, 3.8) is 0 Å². The molecule has 0 aliphatic rings. The van der Waals surface area contributed by atoms with Gasteiger partial charge in [-0.3, -0.25) is 9.78 Å². The van der Waals surface area contributed by atoms with Gasteiger partial charge in [0.05, 0.1) is 22.0 Å². The number of ether oxygens (including phenoxy) is 1. The zero-order valence-corrected chi connectivity index (χ0v) is 17.4. The van der Waals surface area contributed by atoms with Crippen LogP contribution in [-0.2, 0) is 6.61 Å². The summed E-state index contributed by atoms with van der Waals surface area (Å²) in [5, 5.41) is 15.0. The van der Waals surface area contributed by atoms with Crippen LogP contribution in [0, 0.1) is 0 Å². The van der Waals surface area contributed by atoms with E-state index in [0.29, 0.717) is 37.7 Å². The molecule has 4 aromatic rings. The first-order valence-corrected chi connectivity index (χ1v) is 10.2. The highest BCUT2D eigenvalue weighted by atomic mass is 35.5. The monoisotopic (exact) mass is 454 g/mol. The van der Waals surface area contributed by atoms with Crippen molar-refractivity contribution in [3.8, 4) is 5.75 Å². The number of thiophene rings is 1. The molecule has 8 nitrogen and oxygen atoms in total. The lowest BCUT2D eigenvalue weighted by atomic mass is 10.1. The lowest BCUT2D eigenvalue weighted by molar-refractivity contribution is 0.0698. The fourth-order valence-electron chi connectivity index (χ4n) is 2.91. The van der Waals surface area contributed by atoms with Crippen molar-refractivity contribution in [3.05, 3.63) is 76.0 Å². The molecule has 0 saturated carbocycles. The Balaban J connectivity index is 1.51. The topological polar surface area (TPSA) is 127 Å². The molecular formula is C21H15ClN4O4S. The predicted octanol–water partition coefficient (Wildman–Crippen LogP) is 4.46. The minimum absolute atomic E-state index is 0.0861. The number of hydrogen-bond acceptors (Lipinski definition) is 7. The third-order valence-electron chi connectivity index (χ3n) is 4.40. The van der Waals surface area contributed by atoms with E-state index in [1.54, 1.807) is 35.7 Å². The maximum absolute atomic E-state index is 12.5. The average molecular weight is 455 g/mol. The van der Waals surface area contributed by atoms with Gasteiger partial charge >= 0.3 is 5.97 Å². The molecule has 4 rings (SSSR count). The first-order valence-electron chi connectivity index (χ1n) is 8.95. The number of hydrogen-bond donors (Lipinski definition) is 3. The van der Waals surface area contributed by atoms with Crippen molar-refractivity contribution in [2.75, 3.05) is 11.1 Å². The van der Waals surface area contributed by atoms with E-state index in [4.69, 9.17) is 22.1 Å². The van der Waals surface area contributed by atoms with Crippen molar-refractivity contribution in [1.29, 1.82) is 0 Å². The normalized spacial score (nSPS) is 10.7. The van der Waals surface area contributed by atoms with E-state index in [1.807, 2.05) is 0 Å². The van der Waals surface area contributed by atoms with Crippen molar-refractivity contribution in [2.24, 2.45) is 0 Å². The first-order chi connectivity index (χ1) is 14.9. The van der Waals surface area contributed by atoms with Crippen LogP contribution >= 0.6 is 22.9 Å². The molecule has 1 amide bonds. The summed E-state index contributed by atoms with van der Waals surface area (Å²) in [6.07, 6.45) is 4.16. The van der Waals surface area contributed by atoms with E-state index in [1.165, 1.54) is 29.9 Å². The third kappa shape index (κ3) is 4.42. The number of fused-ring (bicyclic) bond motifs is 1. The van der Waals surface area contributed by atoms with Gasteiger partial charge in [0.15, 0.2) is 0 Å². The van der Waals surface area contributed by atoms with Gasteiger partial charge in [-0.2, -0.15) is 0 Å². The van der Waals surface area contributed by atoms with Crippen LogP contribution in [-0.4, -0.2) is 27.0 Å². The SMILES string of the molecule is Nc1ncc(C(=O)O)c2scc(COc3cncc(C(=O)Nc4ccc(Cl)cc4)c3)c12. The molecule has 0 fully saturated rings. The number of carbonyl (C=O) groups is 2. The van der Waals surface area contributed by atoms with Crippen molar-refractivity contribution in [1.82, 2.24) is 9.97 Å². The maximum Gasteiger partial charge on any atom is 0.338 e. The number of aromatic nitrogens is 2. The van der Waals surface area contributed by atoms with Crippen LogP contribution in [0.3, 0.4) is 0 Å². The molecule has 0 aliphatic heterocycles. The molecule has 0 unspecified atom stereocenters. The van der Waals surface area contributed by atoms with Gasteiger partial charge in [0.1, 0.15) is 18.2 Å².